The molecule has 0 unspecified atom stereocenters. The Balaban J connectivity index is 3.25. The number of hydrogen-bond acceptors (Lipinski definition) is 2. The molecular formula is C15H27NOS. The number of hydrogen-bond donors (Lipinski definition) is 0. The monoisotopic (exact) mass is 269 g/mol. The summed E-state index contributed by atoms with van der Waals surface area (Å²) in [5, 5.41) is 0. The summed E-state index contributed by atoms with van der Waals surface area (Å²) in [5.41, 5.74) is 0.986. The molecule has 0 radical (unpaired) electrons. The zero-order valence-corrected chi connectivity index (χ0v) is 13.7. The van der Waals surface area contributed by atoms with Crippen molar-refractivity contribution in [3.8, 4) is 0 Å². The van der Waals surface area contributed by atoms with E-state index in [1.54, 1.807) is 0 Å². The fourth-order valence-corrected chi connectivity index (χ4v) is 3.72. The fourth-order valence-electron chi connectivity index (χ4n) is 2.22. The average molecular weight is 269 g/mol. The third-order valence-corrected chi connectivity index (χ3v) is 4.56. The molecule has 0 aromatic rings. The van der Waals surface area contributed by atoms with Gasteiger partial charge in [0.2, 0.25) is 0 Å². The van der Waals surface area contributed by atoms with Crippen molar-refractivity contribution in [1.82, 2.24) is 4.90 Å². The van der Waals surface area contributed by atoms with Crippen LogP contribution >= 0.6 is 11.8 Å². The molecule has 0 bridgehead atoms. The van der Waals surface area contributed by atoms with E-state index in [0.29, 0.717) is 0 Å². The van der Waals surface area contributed by atoms with E-state index < -0.39 is 0 Å². The SMILES string of the molecule is CCCN1CSC(C(C)(C)C)=C(C(C)(C)C)C1=O. The van der Waals surface area contributed by atoms with Gasteiger partial charge in [0, 0.05) is 17.0 Å². The van der Waals surface area contributed by atoms with E-state index in [9.17, 15) is 4.79 Å². The minimum absolute atomic E-state index is 0.0568. The molecule has 0 spiro atoms. The number of thioether (sulfide) groups is 1. The molecule has 1 aliphatic heterocycles. The standard InChI is InChI=1S/C15H27NOS/c1-8-9-16-10-18-12(15(5,6)7)11(13(16)17)14(2,3)4/h8-10H2,1-7H3. The van der Waals surface area contributed by atoms with Crippen molar-refractivity contribution < 1.29 is 4.79 Å². The maximum Gasteiger partial charge on any atom is 0.251 e. The Morgan fingerprint density at radius 3 is 2.06 bits per heavy atom. The van der Waals surface area contributed by atoms with Gasteiger partial charge in [-0.2, -0.15) is 0 Å². The molecule has 0 N–H and O–H groups in total. The third kappa shape index (κ3) is 3.31. The van der Waals surface area contributed by atoms with Crippen LogP contribution < -0.4 is 0 Å². The van der Waals surface area contributed by atoms with Gasteiger partial charge in [0.05, 0.1) is 5.88 Å². The van der Waals surface area contributed by atoms with E-state index in [1.165, 1.54) is 4.91 Å². The van der Waals surface area contributed by atoms with Crippen molar-refractivity contribution in [1.29, 1.82) is 0 Å². The van der Waals surface area contributed by atoms with Gasteiger partial charge < -0.3 is 4.90 Å². The first-order valence-electron chi connectivity index (χ1n) is 6.76. The van der Waals surface area contributed by atoms with E-state index in [-0.39, 0.29) is 16.7 Å². The van der Waals surface area contributed by atoms with Gasteiger partial charge in [-0.15, -0.1) is 11.8 Å². The van der Waals surface area contributed by atoms with Gasteiger partial charge in [-0.05, 0) is 17.3 Å². The van der Waals surface area contributed by atoms with Crippen LogP contribution in [-0.4, -0.2) is 23.2 Å². The normalized spacial score (nSPS) is 18.6. The van der Waals surface area contributed by atoms with Crippen LogP contribution in [0.4, 0.5) is 0 Å². The highest BCUT2D eigenvalue weighted by molar-refractivity contribution is 8.03. The predicted octanol–water partition coefficient (Wildman–Crippen LogP) is 4.28. The molecule has 1 heterocycles. The van der Waals surface area contributed by atoms with E-state index in [0.717, 1.165) is 24.4 Å². The molecule has 0 saturated heterocycles. The van der Waals surface area contributed by atoms with Gasteiger partial charge in [-0.3, -0.25) is 4.79 Å². The van der Waals surface area contributed by atoms with Crippen LogP contribution in [0.15, 0.2) is 10.5 Å². The largest absolute Gasteiger partial charge is 0.329 e. The fraction of sp³-hybridized carbons (Fsp3) is 0.800. The van der Waals surface area contributed by atoms with Crippen LogP contribution in [0.1, 0.15) is 54.9 Å². The molecular weight excluding hydrogens is 242 g/mol. The van der Waals surface area contributed by atoms with E-state index in [1.807, 2.05) is 16.7 Å². The van der Waals surface area contributed by atoms with Crippen LogP contribution in [0.3, 0.4) is 0 Å². The summed E-state index contributed by atoms with van der Waals surface area (Å²) in [5.74, 6) is 1.05. The van der Waals surface area contributed by atoms with Crippen LogP contribution in [-0.2, 0) is 4.79 Å². The molecule has 0 aromatic carbocycles. The quantitative estimate of drug-likeness (QED) is 0.746. The number of amides is 1. The van der Waals surface area contributed by atoms with Gasteiger partial charge in [-0.1, -0.05) is 48.5 Å². The van der Waals surface area contributed by atoms with Crippen LogP contribution in [0.25, 0.3) is 0 Å². The molecule has 18 heavy (non-hydrogen) atoms. The second-order valence-electron chi connectivity index (χ2n) is 7.05. The maximum atomic E-state index is 12.7. The summed E-state index contributed by atoms with van der Waals surface area (Å²) in [4.78, 5) is 15.9. The van der Waals surface area contributed by atoms with Crippen molar-refractivity contribution in [3.63, 3.8) is 0 Å². The van der Waals surface area contributed by atoms with Crippen LogP contribution in [0.2, 0.25) is 0 Å². The first-order chi connectivity index (χ1) is 8.09. The Hall–Kier alpha value is -0.440. The average Bonchev–Trinajstić information content (AvgIpc) is 2.17. The third-order valence-electron chi connectivity index (χ3n) is 3.02. The lowest BCUT2D eigenvalue weighted by Gasteiger charge is -2.39. The van der Waals surface area contributed by atoms with Crippen molar-refractivity contribution in [2.75, 3.05) is 12.4 Å². The molecule has 3 heteroatoms. The lowest BCUT2D eigenvalue weighted by Crippen LogP contribution is -2.41. The molecule has 1 aliphatic rings. The zero-order chi connectivity index (χ0) is 14.1. The summed E-state index contributed by atoms with van der Waals surface area (Å²) in [7, 11) is 0. The van der Waals surface area contributed by atoms with Crippen molar-refractivity contribution in [2.24, 2.45) is 10.8 Å². The Morgan fingerprint density at radius 1 is 1.11 bits per heavy atom. The highest BCUT2D eigenvalue weighted by Crippen LogP contribution is 2.46. The number of allylic oxidation sites excluding steroid dienone is 1. The first kappa shape index (κ1) is 15.6. The van der Waals surface area contributed by atoms with Gasteiger partial charge in [0.25, 0.3) is 5.91 Å². The van der Waals surface area contributed by atoms with E-state index >= 15 is 0 Å². The number of carbonyl (C=O) groups excluding carboxylic acids is 1. The molecule has 0 fully saturated rings. The van der Waals surface area contributed by atoms with Gasteiger partial charge in [0.1, 0.15) is 0 Å². The Morgan fingerprint density at radius 2 is 1.67 bits per heavy atom. The summed E-state index contributed by atoms with van der Waals surface area (Å²) >= 11 is 1.84. The van der Waals surface area contributed by atoms with Gasteiger partial charge in [0.15, 0.2) is 0 Å². The topological polar surface area (TPSA) is 20.3 Å². The smallest absolute Gasteiger partial charge is 0.251 e. The van der Waals surface area contributed by atoms with Gasteiger partial charge >= 0.3 is 0 Å². The van der Waals surface area contributed by atoms with Crippen molar-refractivity contribution in [3.05, 3.63) is 10.5 Å². The molecule has 104 valence electrons. The number of nitrogens with zero attached hydrogens (tertiary/aromatic N) is 1. The van der Waals surface area contributed by atoms with Crippen LogP contribution in [0.5, 0.6) is 0 Å². The lowest BCUT2D eigenvalue weighted by molar-refractivity contribution is -0.127. The minimum Gasteiger partial charge on any atom is -0.329 e. The molecule has 1 rings (SSSR count). The van der Waals surface area contributed by atoms with Crippen LogP contribution in [0, 0.1) is 10.8 Å². The second kappa shape index (κ2) is 5.28. The van der Waals surface area contributed by atoms with Crippen molar-refractivity contribution >= 4 is 17.7 Å². The minimum atomic E-state index is -0.0842. The summed E-state index contributed by atoms with van der Waals surface area (Å²) in [6, 6.07) is 0. The molecule has 0 atom stereocenters. The highest BCUT2D eigenvalue weighted by Gasteiger charge is 2.38. The summed E-state index contributed by atoms with van der Waals surface area (Å²) in [6.07, 6.45) is 1.02. The van der Waals surface area contributed by atoms with E-state index in [2.05, 4.69) is 48.5 Å². The lowest BCUT2D eigenvalue weighted by atomic mass is 9.80. The Bertz CT molecular complexity index is 358. The highest BCUT2D eigenvalue weighted by atomic mass is 32.2. The maximum absolute atomic E-state index is 12.7. The Kier molecular flexibility index (Phi) is 4.58. The molecule has 0 saturated carbocycles. The Labute approximate surface area is 116 Å². The zero-order valence-electron chi connectivity index (χ0n) is 12.9. The molecule has 0 aromatic heterocycles. The second-order valence-corrected chi connectivity index (χ2v) is 8.00. The van der Waals surface area contributed by atoms with Crippen molar-refractivity contribution in [2.45, 2.75) is 54.9 Å². The summed E-state index contributed by atoms with van der Waals surface area (Å²) < 4.78 is 0. The number of carbonyl (C=O) groups is 1. The predicted molar refractivity (Wildman–Crippen MR) is 80.4 cm³/mol. The molecule has 2 nitrogen and oxygen atoms in total. The number of rotatable bonds is 2. The molecule has 0 aliphatic carbocycles. The summed E-state index contributed by atoms with van der Waals surface area (Å²) in [6.45, 7) is 16.0. The van der Waals surface area contributed by atoms with E-state index in [4.69, 9.17) is 0 Å². The molecule has 1 amide bonds. The first-order valence-corrected chi connectivity index (χ1v) is 7.75. The van der Waals surface area contributed by atoms with Gasteiger partial charge in [-0.25, -0.2) is 0 Å².